The summed E-state index contributed by atoms with van der Waals surface area (Å²) in [4.78, 5) is 2.61. The van der Waals surface area contributed by atoms with Crippen molar-refractivity contribution in [1.29, 1.82) is 0 Å². The molecule has 1 atom stereocenters. The van der Waals surface area contributed by atoms with Crippen molar-refractivity contribution in [3.63, 3.8) is 0 Å². The quantitative estimate of drug-likeness (QED) is 0.733. The Bertz CT molecular complexity index is 638. The topological polar surface area (TPSA) is 12.5 Å². The number of rotatable bonds is 7. The molecule has 2 aromatic carbocycles. The number of methoxy groups -OCH3 is 1. The van der Waals surface area contributed by atoms with Gasteiger partial charge in [-0.05, 0) is 67.0 Å². The predicted octanol–water partition coefficient (Wildman–Crippen LogP) is 4.68. The predicted molar refractivity (Wildman–Crippen MR) is 101 cm³/mol. The van der Waals surface area contributed by atoms with Gasteiger partial charge in [0, 0.05) is 13.1 Å². The Kier molecular flexibility index (Phi) is 5.92. The third-order valence-electron chi connectivity index (χ3n) is 5.27. The normalized spacial score (nSPS) is 16.9. The summed E-state index contributed by atoms with van der Waals surface area (Å²) >= 11 is 0. The van der Waals surface area contributed by atoms with Crippen molar-refractivity contribution in [3.05, 3.63) is 65.2 Å². The van der Waals surface area contributed by atoms with E-state index in [1.54, 1.807) is 12.7 Å². The Balaban J connectivity index is 1.64. The molecule has 2 heteroatoms. The van der Waals surface area contributed by atoms with Crippen LogP contribution in [0.5, 0.6) is 5.75 Å². The largest absolute Gasteiger partial charge is 0.497 e. The van der Waals surface area contributed by atoms with E-state index in [9.17, 15) is 0 Å². The van der Waals surface area contributed by atoms with E-state index in [0.717, 1.165) is 25.3 Å². The molecule has 0 fully saturated rings. The molecule has 0 N–H and O–H groups in total. The smallest absolute Gasteiger partial charge is 0.119 e. The van der Waals surface area contributed by atoms with Crippen LogP contribution in [0.2, 0.25) is 0 Å². The van der Waals surface area contributed by atoms with Gasteiger partial charge in [0.2, 0.25) is 0 Å². The summed E-state index contributed by atoms with van der Waals surface area (Å²) in [5, 5.41) is 0. The molecule has 2 aromatic rings. The molecule has 0 aliphatic heterocycles. The Morgan fingerprint density at radius 1 is 1.12 bits per heavy atom. The first-order chi connectivity index (χ1) is 11.8. The van der Waals surface area contributed by atoms with E-state index >= 15 is 0 Å². The fourth-order valence-corrected chi connectivity index (χ4v) is 3.83. The molecular formula is C22H29NO. The molecule has 0 amide bonds. The van der Waals surface area contributed by atoms with Crippen LogP contribution in [-0.4, -0.2) is 31.6 Å². The van der Waals surface area contributed by atoms with Crippen LogP contribution in [0.4, 0.5) is 0 Å². The van der Waals surface area contributed by atoms with Gasteiger partial charge in [-0.15, -0.1) is 0 Å². The molecule has 1 aliphatic carbocycles. The van der Waals surface area contributed by atoms with E-state index in [4.69, 9.17) is 4.74 Å². The molecule has 0 bridgehead atoms. The number of ether oxygens (including phenoxy) is 1. The molecule has 1 unspecified atom stereocenters. The number of likely N-dealkylation sites (N-methyl/N-ethyl adjacent to an activating group) is 1. The van der Waals surface area contributed by atoms with Gasteiger partial charge in [-0.3, -0.25) is 0 Å². The van der Waals surface area contributed by atoms with Crippen LogP contribution >= 0.6 is 0 Å². The zero-order valence-electron chi connectivity index (χ0n) is 15.0. The maximum absolute atomic E-state index is 5.39. The molecular weight excluding hydrogens is 294 g/mol. The molecule has 0 aromatic heterocycles. The fraction of sp³-hybridized carbons (Fsp3) is 0.455. The Morgan fingerprint density at radius 3 is 2.71 bits per heavy atom. The lowest BCUT2D eigenvalue weighted by Crippen LogP contribution is -2.32. The lowest BCUT2D eigenvalue weighted by Gasteiger charge is -2.31. The molecule has 1 aliphatic rings. The molecule has 3 rings (SSSR count). The highest BCUT2D eigenvalue weighted by molar-refractivity contribution is 5.39. The van der Waals surface area contributed by atoms with Gasteiger partial charge in [0.05, 0.1) is 7.11 Å². The van der Waals surface area contributed by atoms with Crippen molar-refractivity contribution in [2.45, 2.75) is 38.5 Å². The van der Waals surface area contributed by atoms with Crippen molar-refractivity contribution in [2.24, 2.45) is 0 Å². The van der Waals surface area contributed by atoms with Crippen LogP contribution in [0.25, 0.3) is 0 Å². The van der Waals surface area contributed by atoms with E-state index in [2.05, 4.69) is 60.4 Å². The van der Waals surface area contributed by atoms with Gasteiger partial charge in [-0.25, -0.2) is 0 Å². The van der Waals surface area contributed by atoms with Gasteiger partial charge in [-0.2, -0.15) is 0 Å². The van der Waals surface area contributed by atoms with Gasteiger partial charge < -0.3 is 9.64 Å². The first-order valence-corrected chi connectivity index (χ1v) is 9.23. The molecule has 0 radical (unpaired) electrons. The average molecular weight is 323 g/mol. The highest BCUT2D eigenvalue weighted by atomic mass is 16.5. The number of benzene rings is 2. The van der Waals surface area contributed by atoms with E-state index in [1.807, 2.05) is 0 Å². The van der Waals surface area contributed by atoms with E-state index < -0.39 is 0 Å². The Labute approximate surface area is 146 Å². The molecule has 0 spiro atoms. The highest BCUT2D eigenvalue weighted by Gasteiger charge is 2.22. The van der Waals surface area contributed by atoms with Gasteiger partial charge in [0.15, 0.2) is 0 Å². The zero-order chi connectivity index (χ0) is 16.8. The number of hydrogen-bond donors (Lipinski definition) is 0. The second-order valence-corrected chi connectivity index (χ2v) is 6.78. The van der Waals surface area contributed by atoms with E-state index in [-0.39, 0.29) is 0 Å². The standard InChI is InChI=1S/C22H29NO/c1-3-23(15-14-18-8-5-4-6-9-18)17-20-11-7-10-19-16-21(24-2)12-13-22(19)20/h4-6,8-9,12-13,16,20H,3,7,10-11,14-15,17H2,1-2H3. The van der Waals surface area contributed by atoms with Crippen LogP contribution in [0, 0.1) is 0 Å². The molecule has 0 saturated heterocycles. The number of aryl methyl sites for hydroxylation is 1. The van der Waals surface area contributed by atoms with Crippen molar-refractivity contribution in [1.82, 2.24) is 4.90 Å². The monoisotopic (exact) mass is 323 g/mol. The summed E-state index contributed by atoms with van der Waals surface area (Å²) in [6, 6.07) is 17.5. The average Bonchev–Trinajstić information content (AvgIpc) is 2.65. The molecule has 128 valence electrons. The third kappa shape index (κ3) is 4.18. The minimum absolute atomic E-state index is 0.662. The Morgan fingerprint density at radius 2 is 1.96 bits per heavy atom. The second-order valence-electron chi connectivity index (χ2n) is 6.78. The lowest BCUT2D eigenvalue weighted by molar-refractivity contribution is 0.262. The van der Waals surface area contributed by atoms with Crippen molar-refractivity contribution < 1.29 is 4.74 Å². The van der Waals surface area contributed by atoms with E-state index in [1.165, 1.54) is 36.9 Å². The maximum Gasteiger partial charge on any atom is 0.119 e. The zero-order valence-corrected chi connectivity index (χ0v) is 15.0. The minimum atomic E-state index is 0.662. The lowest BCUT2D eigenvalue weighted by atomic mass is 9.82. The Hall–Kier alpha value is -1.80. The summed E-state index contributed by atoms with van der Waals surface area (Å²) < 4.78 is 5.39. The molecule has 0 saturated carbocycles. The van der Waals surface area contributed by atoms with Gasteiger partial charge >= 0.3 is 0 Å². The first kappa shape index (κ1) is 17.0. The van der Waals surface area contributed by atoms with Crippen LogP contribution in [0.3, 0.4) is 0 Å². The van der Waals surface area contributed by atoms with Crippen LogP contribution < -0.4 is 4.74 Å². The summed E-state index contributed by atoms with van der Waals surface area (Å²) in [5.74, 6) is 1.65. The highest BCUT2D eigenvalue weighted by Crippen LogP contribution is 2.34. The molecule has 2 nitrogen and oxygen atoms in total. The number of fused-ring (bicyclic) bond motifs is 1. The van der Waals surface area contributed by atoms with Crippen molar-refractivity contribution >= 4 is 0 Å². The van der Waals surface area contributed by atoms with Crippen molar-refractivity contribution in [2.75, 3.05) is 26.7 Å². The summed E-state index contributed by atoms with van der Waals surface area (Å²) in [6.45, 7) is 5.71. The molecule has 0 heterocycles. The fourth-order valence-electron chi connectivity index (χ4n) is 3.83. The SMILES string of the molecule is CCN(CCc1ccccc1)CC1CCCc2cc(OC)ccc21. The number of nitrogens with zero attached hydrogens (tertiary/aromatic N) is 1. The van der Waals surface area contributed by atoms with Crippen LogP contribution in [0.1, 0.15) is 42.4 Å². The van der Waals surface area contributed by atoms with Crippen LogP contribution in [0.15, 0.2) is 48.5 Å². The van der Waals surface area contributed by atoms with Crippen molar-refractivity contribution in [3.8, 4) is 5.75 Å². The number of hydrogen-bond acceptors (Lipinski definition) is 2. The summed E-state index contributed by atoms with van der Waals surface area (Å²) in [7, 11) is 1.75. The van der Waals surface area contributed by atoms with Gasteiger partial charge in [0.25, 0.3) is 0 Å². The summed E-state index contributed by atoms with van der Waals surface area (Å²) in [6.07, 6.45) is 4.93. The van der Waals surface area contributed by atoms with Gasteiger partial charge in [0.1, 0.15) is 5.75 Å². The summed E-state index contributed by atoms with van der Waals surface area (Å²) in [5.41, 5.74) is 4.47. The second kappa shape index (κ2) is 8.34. The minimum Gasteiger partial charge on any atom is -0.497 e. The molecule has 24 heavy (non-hydrogen) atoms. The van der Waals surface area contributed by atoms with Crippen LogP contribution in [-0.2, 0) is 12.8 Å². The first-order valence-electron chi connectivity index (χ1n) is 9.23. The third-order valence-corrected chi connectivity index (χ3v) is 5.27. The van der Waals surface area contributed by atoms with Gasteiger partial charge in [-0.1, -0.05) is 43.3 Å². The van der Waals surface area contributed by atoms with E-state index in [0.29, 0.717) is 5.92 Å². The maximum atomic E-state index is 5.39.